The van der Waals surface area contributed by atoms with Crippen LogP contribution in [-0.2, 0) is 10.0 Å². The van der Waals surface area contributed by atoms with Crippen molar-refractivity contribution in [2.45, 2.75) is 25.3 Å². The summed E-state index contributed by atoms with van der Waals surface area (Å²) in [7, 11) is 0.755. The molecule has 0 bridgehead atoms. The molecule has 1 aliphatic rings. The van der Waals surface area contributed by atoms with E-state index < -0.39 is 10.0 Å². The summed E-state index contributed by atoms with van der Waals surface area (Å²) in [6.07, 6.45) is 4.64. The fraction of sp³-hybridized carbons (Fsp3) is 1.00. The summed E-state index contributed by atoms with van der Waals surface area (Å²) in [6, 6.07) is 0.569. The predicted molar refractivity (Wildman–Crippen MR) is 57.7 cm³/mol. The summed E-state index contributed by atoms with van der Waals surface area (Å²) < 4.78 is 23.7. The van der Waals surface area contributed by atoms with E-state index in [0.29, 0.717) is 12.6 Å². The fourth-order valence-corrected chi connectivity index (χ4v) is 2.28. The minimum absolute atomic E-state index is 0.569. The van der Waals surface area contributed by atoms with Crippen molar-refractivity contribution >= 4 is 10.0 Å². The molecule has 1 rings (SSSR count). The molecular weight excluding hydrogens is 200 g/mol. The smallest absolute Gasteiger partial charge is 0.210 e. The Kier molecular flexibility index (Phi) is 3.92. The van der Waals surface area contributed by atoms with Gasteiger partial charge in [-0.05, 0) is 32.9 Å². The van der Waals surface area contributed by atoms with E-state index in [2.05, 4.69) is 11.9 Å². The Balaban J connectivity index is 2.33. The molecule has 0 aliphatic carbocycles. The van der Waals surface area contributed by atoms with Crippen molar-refractivity contribution < 1.29 is 8.42 Å². The average molecular weight is 220 g/mol. The monoisotopic (exact) mass is 220 g/mol. The molecule has 1 aliphatic heterocycles. The number of hydrogen-bond donors (Lipinski definition) is 0. The molecule has 0 aromatic heterocycles. The van der Waals surface area contributed by atoms with Gasteiger partial charge in [-0.1, -0.05) is 0 Å². The maximum atomic E-state index is 11.1. The van der Waals surface area contributed by atoms with E-state index in [-0.39, 0.29) is 0 Å². The minimum Gasteiger partial charge on any atom is -0.303 e. The SMILES string of the molecule is CN1CCC[C@H]1CCN(C)S(C)(=O)=O. The topological polar surface area (TPSA) is 40.6 Å². The van der Waals surface area contributed by atoms with Gasteiger partial charge in [0.1, 0.15) is 0 Å². The first-order valence-corrected chi connectivity index (χ1v) is 6.87. The van der Waals surface area contributed by atoms with Crippen LogP contribution in [0.1, 0.15) is 19.3 Å². The first kappa shape index (κ1) is 11.9. The zero-order valence-electron chi connectivity index (χ0n) is 9.23. The molecule has 4 nitrogen and oxygen atoms in total. The Bertz CT molecular complexity index is 277. The standard InChI is InChI=1S/C9H20N2O2S/c1-10-7-4-5-9(10)6-8-11(2)14(3,12)13/h9H,4-8H2,1-3H3/t9-/m0/s1. The molecular formula is C9H20N2O2S. The largest absolute Gasteiger partial charge is 0.303 e. The zero-order valence-corrected chi connectivity index (χ0v) is 10.0. The van der Waals surface area contributed by atoms with E-state index >= 15 is 0 Å². The lowest BCUT2D eigenvalue weighted by Crippen LogP contribution is -2.32. The lowest BCUT2D eigenvalue weighted by Gasteiger charge is -2.22. The number of sulfonamides is 1. The molecule has 14 heavy (non-hydrogen) atoms. The van der Waals surface area contributed by atoms with Gasteiger partial charge in [0, 0.05) is 19.6 Å². The van der Waals surface area contributed by atoms with Crippen molar-refractivity contribution in [3.05, 3.63) is 0 Å². The van der Waals surface area contributed by atoms with Crippen LogP contribution < -0.4 is 0 Å². The van der Waals surface area contributed by atoms with Crippen molar-refractivity contribution in [1.82, 2.24) is 9.21 Å². The highest BCUT2D eigenvalue weighted by molar-refractivity contribution is 7.88. The molecule has 0 spiro atoms. The van der Waals surface area contributed by atoms with Gasteiger partial charge in [0.2, 0.25) is 10.0 Å². The van der Waals surface area contributed by atoms with Crippen LogP contribution in [0.5, 0.6) is 0 Å². The predicted octanol–water partition coefficient (Wildman–Crippen LogP) is 0.362. The number of hydrogen-bond acceptors (Lipinski definition) is 3. The second kappa shape index (κ2) is 4.59. The van der Waals surface area contributed by atoms with Crippen LogP contribution in [0.25, 0.3) is 0 Å². The normalized spacial score (nSPS) is 24.7. The molecule has 0 N–H and O–H groups in total. The third-order valence-corrected chi connectivity index (χ3v) is 4.33. The number of nitrogens with zero attached hydrogens (tertiary/aromatic N) is 2. The van der Waals surface area contributed by atoms with Crippen LogP contribution in [0.2, 0.25) is 0 Å². The zero-order chi connectivity index (χ0) is 10.8. The van der Waals surface area contributed by atoms with Gasteiger partial charge in [-0.2, -0.15) is 0 Å². The molecule has 0 aromatic carbocycles. The molecule has 1 heterocycles. The van der Waals surface area contributed by atoms with Crippen molar-refractivity contribution in [2.24, 2.45) is 0 Å². The van der Waals surface area contributed by atoms with Gasteiger partial charge in [-0.3, -0.25) is 0 Å². The van der Waals surface area contributed by atoms with Crippen LogP contribution in [-0.4, -0.2) is 57.1 Å². The van der Waals surface area contributed by atoms with Gasteiger partial charge in [0.15, 0.2) is 0 Å². The second-order valence-electron chi connectivity index (χ2n) is 4.15. The molecule has 84 valence electrons. The summed E-state index contributed by atoms with van der Waals surface area (Å²) >= 11 is 0. The first-order valence-electron chi connectivity index (χ1n) is 5.03. The molecule has 5 heteroatoms. The van der Waals surface area contributed by atoms with E-state index in [1.165, 1.54) is 23.4 Å². The summed E-state index contributed by atoms with van der Waals surface area (Å²) in [6.45, 7) is 1.78. The lowest BCUT2D eigenvalue weighted by molar-refractivity contribution is 0.281. The Morgan fingerprint density at radius 3 is 2.57 bits per heavy atom. The van der Waals surface area contributed by atoms with Crippen LogP contribution >= 0.6 is 0 Å². The van der Waals surface area contributed by atoms with Gasteiger partial charge in [0.25, 0.3) is 0 Å². The highest BCUT2D eigenvalue weighted by Crippen LogP contribution is 2.18. The van der Waals surface area contributed by atoms with E-state index in [4.69, 9.17) is 0 Å². The van der Waals surface area contributed by atoms with Gasteiger partial charge in [0.05, 0.1) is 6.26 Å². The number of likely N-dealkylation sites (tertiary alicyclic amines) is 1. The summed E-state index contributed by atoms with van der Waals surface area (Å²) in [5.74, 6) is 0. The highest BCUT2D eigenvalue weighted by atomic mass is 32.2. The number of rotatable bonds is 4. The molecule has 1 saturated heterocycles. The molecule has 0 aromatic rings. The van der Waals surface area contributed by atoms with E-state index in [0.717, 1.165) is 13.0 Å². The minimum atomic E-state index is -3.00. The summed E-state index contributed by atoms with van der Waals surface area (Å²) in [4.78, 5) is 2.32. The Morgan fingerprint density at radius 2 is 2.14 bits per heavy atom. The van der Waals surface area contributed by atoms with Gasteiger partial charge in [-0.25, -0.2) is 12.7 Å². The quantitative estimate of drug-likeness (QED) is 0.687. The Morgan fingerprint density at radius 1 is 1.50 bits per heavy atom. The molecule has 0 amide bonds. The molecule has 0 unspecified atom stereocenters. The summed E-state index contributed by atoms with van der Waals surface area (Å²) in [5.41, 5.74) is 0. The van der Waals surface area contributed by atoms with E-state index in [1.54, 1.807) is 7.05 Å². The highest BCUT2D eigenvalue weighted by Gasteiger charge is 2.22. The third-order valence-electron chi connectivity index (χ3n) is 3.01. The van der Waals surface area contributed by atoms with Gasteiger partial charge < -0.3 is 4.90 Å². The third kappa shape index (κ3) is 3.22. The van der Waals surface area contributed by atoms with Crippen LogP contribution in [0.3, 0.4) is 0 Å². The molecule has 0 saturated carbocycles. The van der Waals surface area contributed by atoms with Crippen LogP contribution in [0.15, 0.2) is 0 Å². The molecule has 1 atom stereocenters. The fourth-order valence-electron chi connectivity index (χ4n) is 1.84. The van der Waals surface area contributed by atoms with Crippen molar-refractivity contribution in [2.75, 3.05) is 33.4 Å². The van der Waals surface area contributed by atoms with Crippen LogP contribution in [0, 0.1) is 0 Å². The lowest BCUT2D eigenvalue weighted by atomic mass is 10.1. The Labute approximate surface area is 86.9 Å². The Hall–Kier alpha value is -0.130. The maximum absolute atomic E-state index is 11.1. The van der Waals surface area contributed by atoms with Gasteiger partial charge in [-0.15, -0.1) is 0 Å². The molecule has 1 fully saturated rings. The average Bonchev–Trinajstić information content (AvgIpc) is 2.45. The maximum Gasteiger partial charge on any atom is 0.210 e. The van der Waals surface area contributed by atoms with Crippen molar-refractivity contribution in [3.63, 3.8) is 0 Å². The second-order valence-corrected chi connectivity index (χ2v) is 6.24. The van der Waals surface area contributed by atoms with E-state index in [1.807, 2.05) is 0 Å². The van der Waals surface area contributed by atoms with Gasteiger partial charge >= 0.3 is 0 Å². The van der Waals surface area contributed by atoms with Crippen molar-refractivity contribution in [3.8, 4) is 0 Å². The van der Waals surface area contributed by atoms with E-state index in [9.17, 15) is 8.42 Å². The van der Waals surface area contributed by atoms with Crippen molar-refractivity contribution in [1.29, 1.82) is 0 Å². The first-order chi connectivity index (χ1) is 6.41. The summed E-state index contributed by atoms with van der Waals surface area (Å²) in [5, 5.41) is 0. The molecule has 0 radical (unpaired) electrons. The van der Waals surface area contributed by atoms with Crippen LogP contribution in [0.4, 0.5) is 0 Å².